The molecule has 0 saturated heterocycles. The van der Waals surface area contributed by atoms with Gasteiger partial charge in [-0.3, -0.25) is 0 Å². The lowest BCUT2D eigenvalue weighted by molar-refractivity contribution is 1.37. The monoisotopic (exact) mass is 297 g/mol. The SMILES string of the molecule is C[Si](C)[Si](C1C=CC=C1)([Si](C)(C)C)[Si](C)(C)C. The Morgan fingerprint density at radius 1 is 0.765 bits per heavy atom. The van der Waals surface area contributed by atoms with Gasteiger partial charge in [0.2, 0.25) is 0 Å². The maximum absolute atomic E-state index is 2.66. The minimum atomic E-state index is -1.14. The summed E-state index contributed by atoms with van der Waals surface area (Å²) in [5, 5.41) is 0. The molecule has 0 nitrogen and oxygen atoms in total. The summed E-state index contributed by atoms with van der Waals surface area (Å²) in [4.78, 5) is 0. The Balaban J connectivity index is 3.43. The van der Waals surface area contributed by atoms with Crippen molar-refractivity contribution in [2.24, 2.45) is 0 Å². The van der Waals surface area contributed by atoms with E-state index >= 15 is 0 Å². The Kier molecular flexibility index (Phi) is 4.34. The molecule has 4 heteroatoms. The van der Waals surface area contributed by atoms with E-state index in [4.69, 9.17) is 0 Å². The van der Waals surface area contributed by atoms with Crippen LogP contribution in [0.2, 0.25) is 57.9 Å². The largest absolute Gasteiger partial charge is 0.0812 e. The van der Waals surface area contributed by atoms with E-state index in [0.717, 1.165) is 5.54 Å². The Morgan fingerprint density at radius 2 is 1.12 bits per heavy atom. The van der Waals surface area contributed by atoms with Gasteiger partial charge in [-0.05, 0) is 5.54 Å². The van der Waals surface area contributed by atoms with Crippen LogP contribution in [-0.4, -0.2) is 30.1 Å². The predicted octanol–water partition coefficient (Wildman–Crippen LogP) is 4.60. The van der Waals surface area contributed by atoms with E-state index in [-0.39, 0.29) is 8.31 Å². The summed E-state index contributed by atoms with van der Waals surface area (Å²) >= 11 is 0. The molecule has 0 spiro atoms. The average molecular weight is 298 g/mol. The van der Waals surface area contributed by atoms with Crippen LogP contribution in [0.1, 0.15) is 0 Å². The van der Waals surface area contributed by atoms with Crippen molar-refractivity contribution in [3.05, 3.63) is 24.3 Å². The molecule has 0 atom stereocenters. The van der Waals surface area contributed by atoms with Gasteiger partial charge in [-0.15, -0.1) is 0 Å². The second kappa shape index (κ2) is 4.79. The molecule has 0 aromatic heterocycles. The van der Waals surface area contributed by atoms with Crippen molar-refractivity contribution in [3.8, 4) is 0 Å². The van der Waals surface area contributed by atoms with Gasteiger partial charge in [-0.2, -0.15) is 0 Å². The van der Waals surface area contributed by atoms with Crippen LogP contribution in [0.5, 0.6) is 0 Å². The summed E-state index contributed by atoms with van der Waals surface area (Å²) in [6.45, 7) is 20.1. The molecule has 1 aliphatic rings. The van der Waals surface area contributed by atoms with Crippen molar-refractivity contribution in [2.75, 3.05) is 0 Å². The summed E-state index contributed by atoms with van der Waals surface area (Å²) in [5.41, 5.74) is 0.865. The molecule has 1 aliphatic carbocycles. The molecule has 0 N–H and O–H groups in total. The van der Waals surface area contributed by atoms with Gasteiger partial charge in [-0.1, -0.05) is 76.7 Å². The molecule has 0 bridgehead atoms. The minimum Gasteiger partial charge on any atom is -0.0812 e. The van der Waals surface area contributed by atoms with Crippen LogP contribution in [0.15, 0.2) is 24.3 Å². The molecule has 0 fully saturated rings. The molecule has 0 unspecified atom stereocenters. The predicted molar refractivity (Wildman–Crippen MR) is 92.0 cm³/mol. The zero-order valence-electron chi connectivity index (χ0n) is 12.9. The van der Waals surface area contributed by atoms with Gasteiger partial charge in [0.15, 0.2) is 0 Å². The third-order valence-electron chi connectivity index (χ3n) is 4.40. The minimum absolute atomic E-state index is 0.170. The van der Waals surface area contributed by atoms with E-state index < -0.39 is 21.8 Å². The van der Waals surface area contributed by atoms with Gasteiger partial charge in [-0.25, -0.2) is 0 Å². The fraction of sp³-hybridized carbons (Fsp3) is 0.692. The van der Waals surface area contributed by atoms with Gasteiger partial charge in [0, 0.05) is 30.1 Å². The highest BCUT2D eigenvalue weighted by Crippen LogP contribution is 2.43. The highest BCUT2D eigenvalue weighted by Gasteiger charge is 2.59. The lowest BCUT2D eigenvalue weighted by Gasteiger charge is -2.55. The quantitative estimate of drug-likeness (QED) is 0.665. The maximum Gasteiger partial charge on any atom is 0.0470 e. The Hall–Kier alpha value is 0.348. The molecule has 0 saturated carbocycles. The summed E-state index contributed by atoms with van der Waals surface area (Å²) in [6.07, 6.45) is 9.69. The van der Waals surface area contributed by atoms with Crippen molar-refractivity contribution >= 4 is 30.1 Å². The van der Waals surface area contributed by atoms with Crippen molar-refractivity contribution in [3.63, 3.8) is 0 Å². The molecule has 0 aliphatic heterocycles. The first-order chi connectivity index (χ1) is 7.55. The molecule has 0 aromatic rings. The van der Waals surface area contributed by atoms with E-state index in [0.29, 0.717) is 0 Å². The van der Waals surface area contributed by atoms with Gasteiger partial charge in [0.25, 0.3) is 0 Å². The number of allylic oxidation sites excluding steroid dienone is 4. The highest BCUT2D eigenvalue weighted by molar-refractivity contribution is 7.86. The second-order valence-electron chi connectivity index (χ2n) is 7.60. The van der Waals surface area contributed by atoms with Crippen LogP contribution in [-0.2, 0) is 0 Å². The first-order valence-electron chi connectivity index (χ1n) is 6.71. The first kappa shape index (κ1) is 15.4. The number of hydrogen-bond donors (Lipinski definition) is 0. The molecule has 1 radical (unpaired) electrons. The van der Waals surface area contributed by atoms with E-state index in [1.165, 1.54) is 0 Å². The van der Waals surface area contributed by atoms with Crippen LogP contribution in [0.3, 0.4) is 0 Å². The topological polar surface area (TPSA) is 0 Å². The van der Waals surface area contributed by atoms with E-state index in [1.807, 2.05) is 0 Å². The van der Waals surface area contributed by atoms with Crippen molar-refractivity contribution in [1.82, 2.24) is 0 Å². The summed E-state index contributed by atoms with van der Waals surface area (Å²) < 4.78 is 0. The molecular formula is C13H29Si4. The van der Waals surface area contributed by atoms with Crippen LogP contribution in [0.25, 0.3) is 0 Å². The van der Waals surface area contributed by atoms with E-state index in [9.17, 15) is 0 Å². The van der Waals surface area contributed by atoms with E-state index in [2.05, 4.69) is 76.7 Å². The lowest BCUT2D eigenvalue weighted by atomic mass is 10.5. The van der Waals surface area contributed by atoms with E-state index in [1.54, 1.807) is 0 Å². The third kappa shape index (κ3) is 2.41. The first-order valence-corrected chi connectivity index (χ1v) is 21.3. The molecule has 0 amide bonds. The zero-order chi connectivity index (χ0) is 13.5. The average Bonchev–Trinajstić information content (AvgIpc) is 2.50. The van der Waals surface area contributed by atoms with Gasteiger partial charge < -0.3 is 0 Å². The third-order valence-corrected chi connectivity index (χ3v) is 70.0. The van der Waals surface area contributed by atoms with Crippen molar-refractivity contribution < 1.29 is 0 Å². The van der Waals surface area contributed by atoms with Gasteiger partial charge in [0.1, 0.15) is 0 Å². The number of hydrogen-bond acceptors (Lipinski definition) is 0. The summed E-state index contributed by atoms with van der Waals surface area (Å²) in [7, 11) is -2.28. The summed E-state index contributed by atoms with van der Waals surface area (Å²) in [6, 6.07) is 0. The van der Waals surface area contributed by atoms with Gasteiger partial charge in [0.05, 0.1) is 0 Å². The lowest BCUT2D eigenvalue weighted by Crippen LogP contribution is -2.79. The standard InChI is InChI=1S/C13H29Si4/c1-14(2)17(15(3,4)5,16(6,7)8)13-11-9-10-12-13/h9-13H,1-8H3. The normalized spacial score (nSPS) is 18.4. The fourth-order valence-electron chi connectivity index (χ4n) is 4.68. The van der Waals surface area contributed by atoms with Crippen LogP contribution >= 0.6 is 0 Å². The molecule has 1 rings (SSSR count). The Morgan fingerprint density at radius 3 is 1.35 bits per heavy atom. The zero-order valence-corrected chi connectivity index (χ0v) is 16.9. The molecule has 0 aromatic carbocycles. The second-order valence-corrected chi connectivity index (χ2v) is 44.5. The van der Waals surface area contributed by atoms with Crippen molar-refractivity contribution in [1.29, 1.82) is 0 Å². The highest BCUT2D eigenvalue weighted by atomic mass is 29.9. The smallest absolute Gasteiger partial charge is 0.0470 e. The molecule has 0 heterocycles. The number of rotatable bonds is 4. The molecule has 97 valence electrons. The molecule has 17 heavy (non-hydrogen) atoms. The Bertz CT molecular complexity index is 302. The molecular weight excluding hydrogens is 268 g/mol. The fourth-order valence-corrected chi connectivity index (χ4v) is 86.1. The van der Waals surface area contributed by atoms with Crippen LogP contribution in [0, 0.1) is 0 Å². The van der Waals surface area contributed by atoms with Crippen molar-refractivity contribution in [2.45, 2.75) is 57.9 Å². The Labute approximate surface area is 112 Å². The maximum atomic E-state index is 2.66. The van der Waals surface area contributed by atoms with Crippen LogP contribution in [0.4, 0.5) is 0 Å². The van der Waals surface area contributed by atoms with Gasteiger partial charge >= 0.3 is 0 Å². The summed E-state index contributed by atoms with van der Waals surface area (Å²) in [5.74, 6) is 0. The van der Waals surface area contributed by atoms with Crippen LogP contribution < -0.4 is 0 Å².